The Bertz CT molecular complexity index is 550. The van der Waals surface area contributed by atoms with Crippen molar-refractivity contribution in [3.63, 3.8) is 0 Å². The Morgan fingerprint density at radius 1 is 1.10 bits per heavy atom. The van der Waals surface area contributed by atoms with E-state index in [9.17, 15) is 4.79 Å². The standard InChI is InChI=1S/C15H16.C3H7NO2/c1-2-8-13-11-6-7-12-15(13)14-9-4-3-5-10-14;1-2(4)3(5)6/h3-7,9-12H,2,8H2,1H3;2H,4H2,1H3,(H,5,6). The summed E-state index contributed by atoms with van der Waals surface area (Å²) in [6.07, 6.45) is 2.36. The van der Waals surface area contributed by atoms with Gasteiger partial charge in [-0.05, 0) is 30.0 Å². The van der Waals surface area contributed by atoms with Crippen LogP contribution in [-0.2, 0) is 11.2 Å². The Kier molecular flexibility index (Phi) is 7.19. The van der Waals surface area contributed by atoms with Gasteiger partial charge in [-0.2, -0.15) is 0 Å². The molecule has 0 radical (unpaired) electrons. The summed E-state index contributed by atoms with van der Waals surface area (Å²) in [6.45, 7) is 3.64. The van der Waals surface area contributed by atoms with Crippen LogP contribution in [0.3, 0.4) is 0 Å². The van der Waals surface area contributed by atoms with E-state index in [-0.39, 0.29) is 0 Å². The van der Waals surface area contributed by atoms with Gasteiger partial charge in [0, 0.05) is 0 Å². The van der Waals surface area contributed by atoms with Gasteiger partial charge < -0.3 is 10.8 Å². The van der Waals surface area contributed by atoms with Crippen LogP contribution in [0.1, 0.15) is 25.8 Å². The van der Waals surface area contributed by atoms with Gasteiger partial charge in [0.05, 0.1) is 0 Å². The first kappa shape index (κ1) is 16.9. The van der Waals surface area contributed by atoms with Crippen LogP contribution in [0, 0.1) is 0 Å². The van der Waals surface area contributed by atoms with Crippen molar-refractivity contribution >= 4 is 5.97 Å². The lowest BCUT2D eigenvalue weighted by Crippen LogP contribution is -2.25. The summed E-state index contributed by atoms with van der Waals surface area (Å²) >= 11 is 0. The summed E-state index contributed by atoms with van der Waals surface area (Å²) in [6, 6.07) is 18.5. The number of benzene rings is 2. The van der Waals surface area contributed by atoms with E-state index in [2.05, 4.69) is 61.5 Å². The summed E-state index contributed by atoms with van der Waals surface area (Å²) in [5, 5.41) is 7.87. The van der Waals surface area contributed by atoms with E-state index in [1.54, 1.807) is 0 Å². The Morgan fingerprint density at radius 3 is 2.14 bits per heavy atom. The normalized spacial score (nSPS) is 11.2. The predicted molar refractivity (Wildman–Crippen MR) is 87.2 cm³/mol. The first-order valence-electron chi connectivity index (χ1n) is 7.18. The van der Waals surface area contributed by atoms with Crippen LogP contribution in [0.4, 0.5) is 0 Å². The highest BCUT2D eigenvalue weighted by Crippen LogP contribution is 2.24. The third-order valence-corrected chi connectivity index (χ3v) is 3.01. The molecule has 2 aromatic rings. The second-order valence-corrected chi connectivity index (χ2v) is 4.90. The molecule has 0 bridgehead atoms. The van der Waals surface area contributed by atoms with Crippen molar-refractivity contribution in [2.75, 3.05) is 0 Å². The lowest BCUT2D eigenvalue weighted by atomic mass is 9.97. The molecule has 3 N–H and O–H groups in total. The van der Waals surface area contributed by atoms with Crippen LogP contribution in [0.25, 0.3) is 11.1 Å². The van der Waals surface area contributed by atoms with Crippen molar-refractivity contribution < 1.29 is 9.90 Å². The highest BCUT2D eigenvalue weighted by molar-refractivity contribution is 5.72. The second kappa shape index (κ2) is 8.93. The second-order valence-electron chi connectivity index (χ2n) is 4.90. The minimum atomic E-state index is -0.963. The lowest BCUT2D eigenvalue weighted by molar-refractivity contribution is -0.138. The number of carboxylic acids is 1. The van der Waals surface area contributed by atoms with Gasteiger partial charge in [0.1, 0.15) is 6.04 Å². The van der Waals surface area contributed by atoms with Crippen LogP contribution in [0.5, 0.6) is 0 Å². The van der Waals surface area contributed by atoms with Gasteiger partial charge >= 0.3 is 5.97 Å². The molecule has 0 aliphatic heterocycles. The van der Waals surface area contributed by atoms with Gasteiger partial charge in [0.25, 0.3) is 0 Å². The number of hydrogen-bond acceptors (Lipinski definition) is 2. The monoisotopic (exact) mass is 285 g/mol. The molecule has 0 saturated carbocycles. The average molecular weight is 285 g/mol. The van der Waals surface area contributed by atoms with Gasteiger partial charge in [0.2, 0.25) is 0 Å². The summed E-state index contributed by atoms with van der Waals surface area (Å²) in [5.41, 5.74) is 8.98. The Hall–Kier alpha value is -2.13. The molecule has 0 aromatic heterocycles. The van der Waals surface area contributed by atoms with Crippen LogP contribution in [-0.4, -0.2) is 17.1 Å². The molecular formula is C18H23NO2. The molecule has 0 fully saturated rings. The predicted octanol–water partition coefficient (Wildman–Crippen LogP) is 3.72. The lowest BCUT2D eigenvalue weighted by Gasteiger charge is -2.08. The van der Waals surface area contributed by atoms with Crippen molar-refractivity contribution in [2.24, 2.45) is 5.73 Å². The van der Waals surface area contributed by atoms with Crippen molar-refractivity contribution in [1.29, 1.82) is 0 Å². The fourth-order valence-corrected chi connectivity index (χ4v) is 1.91. The maximum atomic E-state index is 9.57. The molecule has 0 saturated heterocycles. The van der Waals surface area contributed by atoms with Crippen LogP contribution in [0.2, 0.25) is 0 Å². The average Bonchev–Trinajstić information content (AvgIpc) is 2.49. The number of rotatable bonds is 4. The summed E-state index contributed by atoms with van der Waals surface area (Å²) in [4.78, 5) is 9.57. The number of aryl methyl sites for hydroxylation is 1. The van der Waals surface area contributed by atoms with E-state index in [4.69, 9.17) is 10.8 Å². The third kappa shape index (κ3) is 5.79. The topological polar surface area (TPSA) is 63.3 Å². The zero-order valence-corrected chi connectivity index (χ0v) is 12.6. The highest BCUT2D eigenvalue weighted by atomic mass is 16.4. The molecular weight excluding hydrogens is 262 g/mol. The fourth-order valence-electron chi connectivity index (χ4n) is 1.91. The number of aliphatic carboxylic acids is 1. The molecule has 1 atom stereocenters. The minimum absolute atomic E-state index is 0.731. The molecule has 2 aromatic carbocycles. The maximum Gasteiger partial charge on any atom is 0.320 e. The number of hydrogen-bond donors (Lipinski definition) is 2. The molecule has 3 heteroatoms. The molecule has 2 rings (SSSR count). The first-order chi connectivity index (χ1) is 10.1. The number of nitrogens with two attached hydrogens (primary N) is 1. The largest absolute Gasteiger partial charge is 0.480 e. The quantitative estimate of drug-likeness (QED) is 0.899. The summed E-state index contributed by atoms with van der Waals surface area (Å²) in [5.74, 6) is -0.963. The van der Waals surface area contributed by atoms with E-state index in [1.807, 2.05) is 0 Å². The molecule has 21 heavy (non-hydrogen) atoms. The van der Waals surface area contributed by atoms with Gasteiger partial charge in [-0.3, -0.25) is 4.79 Å². The van der Waals surface area contributed by atoms with Gasteiger partial charge in [0.15, 0.2) is 0 Å². The Balaban J connectivity index is 0.000000315. The van der Waals surface area contributed by atoms with E-state index in [0.717, 1.165) is 6.42 Å². The Morgan fingerprint density at radius 2 is 1.62 bits per heavy atom. The Labute approximate surface area is 126 Å². The molecule has 0 aliphatic rings. The fraction of sp³-hybridized carbons (Fsp3) is 0.278. The zero-order chi connectivity index (χ0) is 15.7. The van der Waals surface area contributed by atoms with E-state index in [0.29, 0.717) is 0 Å². The van der Waals surface area contributed by atoms with Gasteiger partial charge in [-0.1, -0.05) is 67.9 Å². The molecule has 112 valence electrons. The summed E-state index contributed by atoms with van der Waals surface area (Å²) < 4.78 is 0. The molecule has 0 heterocycles. The van der Waals surface area contributed by atoms with Gasteiger partial charge in [-0.15, -0.1) is 0 Å². The molecule has 0 aliphatic carbocycles. The third-order valence-electron chi connectivity index (χ3n) is 3.01. The van der Waals surface area contributed by atoms with E-state index >= 15 is 0 Å². The number of carbonyl (C=O) groups is 1. The molecule has 1 unspecified atom stereocenters. The van der Waals surface area contributed by atoms with Crippen molar-refractivity contribution in [3.8, 4) is 11.1 Å². The summed E-state index contributed by atoms with van der Waals surface area (Å²) in [7, 11) is 0. The van der Waals surface area contributed by atoms with Crippen LogP contribution in [0.15, 0.2) is 54.6 Å². The highest BCUT2D eigenvalue weighted by Gasteiger charge is 2.02. The molecule has 3 nitrogen and oxygen atoms in total. The molecule has 0 spiro atoms. The molecule has 0 amide bonds. The first-order valence-corrected chi connectivity index (χ1v) is 7.18. The zero-order valence-electron chi connectivity index (χ0n) is 12.6. The minimum Gasteiger partial charge on any atom is -0.480 e. The van der Waals surface area contributed by atoms with Crippen molar-refractivity contribution in [2.45, 2.75) is 32.7 Å². The van der Waals surface area contributed by atoms with E-state index < -0.39 is 12.0 Å². The number of carboxylic acid groups (broad SMARTS) is 1. The smallest absolute Gasteiger partial charge is 0.320 e. The van der Waals surface area contributed by atoms with E-state index in [1.165, 1.54) is 30.0 Å². The van der Waals surface area contributed by atoms with Gasteiger partial charge in [-0.25, -0.2) is 0 Å². The van der Waals surface area contributed by atoms with Crippen LogP contribution < -0.4 is 5.73 Å². The maximum absolute atomic E-state index is 9.57. The van der Waals surface area contributed by atoms with Crippen molar-refractivity contribution in [3.05, 3.63) is 60.2 Å². The SMILES string of the molecule is CC(N)C(=O)O.CCCc1ccccc1-c1ccccc1. The van der Waals surface area contributed by atoms with Crippen molar-refractivity contribution in [1.82, 2.24) is 0 Å². The van der Waals surface area contributed by atoms with Crippen LogP contribution >= 0.6 is 0 Å².